The highest BCUT2D eigenvalue weighted by Crippen LogP contribution is 2.34. The predicted octanol–water partition coefficient (Wildman–Crippen LogP) is 0.793. The van der Waals surface area contributed by atoms with Gasteiger partial charge in [-0.15, -0.1) is 0 Å². The normalized spacial score (nSPS) is 19.0. The van der Waals surface area contributed by atoms with Crippen LogP contribution in [0.4, 0.5) is 5.69 Å². The molecule has 1 aliphatic rings. The van der Waals surface area contributed by atoms with Crippen LogP contribution in [0.3, 0.4) is 0 Å². The van der Waals surface area contributed by atoms with Crippen molar-refractivity contribution in [3.63, 3.8) is 0 Å². The number of hydrogen-bond acceptors (Lipinski definition) is 4. The van der Waals surface area contributed by atoms with Crippen molar-refractivity contribution in [1.82, 2.24) is 5.32 Å². The number of benzene rings is 1. The largest absolute Gasteiger partial charge is 0.480 e. The SMILES string of the molecule is CCOC1CC1C(=O)Nc1ccc(CC(=O)NCC(=O)O)cc1. The summed E-state index contributed by atoms with van der Waals surface area (Å²) in [6.07, 6.45) is 0.870. The van der Waals surface area contributed by atoms with E-state index >= 15 is 0 Å². The average molecular weight is 320 g/mol. The first-order valence-electron chi connectivity index (χ1n) is 7.49. The van der Waals surface area contributed by atoms with Crippen LogP contribution in [0, 0.1) is 5.92 Å². The number of carboxylic acid groups (broad SMARTS) is 1. The lowest BCUT2D eigenvalue weighted by Crippen LogP contribution is -2.30. The smallest absolute Gasteiger partial charge is 0.322 e. The molecule has 1 aliphatic carbocycles. The van der Waals surface area contributed by atoms with Crippen molar-refractivity contribution >= 4 is 23.5 Å². The number of carbonyl (C=O) groups is 3. The van der Waals surface area contributed by atoms with E-state index in [4.69, 9.17) is 9.84 Å². The van der Waals surface area contributed by atoms with Gasteiger partial charge in [-0.1, -0.05) is 12.1 Å². The van der Waals surface area contributed by atoms with E-state index in [-0.39, 0.29) is 30.3 Å². The zero-order valence-electron chi connectivity index (χ0n) is 12.9. The molecule has 0 aliphatic heterocycles. The molecule has 1 saturated carbocycles. The van der Waals surface area contributed by atoms with Gasteiger partial charge in [0.05, 0.1) is 18.4 Å². The molecule has 2 amide bonds. The van der Waals surface area contributed by atoms with Crippen LogP contribution < -0.4 is 10.6 Å². The van der Waals surface area contributed by atoms with Gasteiger partial charge in [-0.3, -0.25) is 14.4 Å². The number of rotatable bonds is 8. The monoisotopic (exact) mass is 320 g/mol. The second-order valence-electron chi connectivity index (χ2n) is 5.37. The van der Waals surface area contributed by atoms with Crippen LogP contribution >= 0.6 is 0 Å². The number of carboxylic acids is 1. The highest BCUT2D eigenvalue weighted by atomic mass is 16.5. The number of amides is 2. The van der Waals surface area contributed by atoms with Gasteiger partial charge in [-0.05, 0) is 31.0 Å². The lowest BCUT2D eigenvalue weighted by Gasteiger charge is -2.07. The van der Waals surface area contributed by atoms with Gasteiger partial charge in [0.25, 0.3) is 0 Å². The summed E-state index contributed by atoms with van der Waals surface area (Å²) in [4.78, 5) is 33.8. The third-order valence-electron chi connectivity index (χ3n) is 3.47. The molecule has 2 rings (SSSR count). The Hall–Kier alpha value is -2.41. The minimum Gasteiger partial charge on any atom is -0.480 e. The van der Waals surface area contributed by atoms with Gasteiger partial charge < -0.3 is 20.5 Å². The first-order chi connectivity index (χ1) is 11.0. The van der Waals surface area contributed by atoms with Crippen LogP contribution in [0.15, 0.2) is 24.3 Å². The molecule has 0 spiro atoms. The quantitative estimate of drug-likeness (QED) is 0.657. The number of aliphatic carboxylic acids is 1. The van der Waals surface area contributed by atoms with Gasteiger partial charge in [0.15, 0.2) is 0 Å². The molecule has 1 aromatic carbocycles. The molecule has 124 valence electrons. The summed E-state index contributed by atoms with van der Waals surface area (Å²) in [5.41, 5.74) is 1.40. The summed E-state index contributed by atoms with van der Waals surface area (Å²) in [6, 6.07) is 6.89. The van der Waals surface area contributed by atoms with E-state index in [0.717, 1.165) is 12.0 Å². The van der Waals surface area contributed by atoms with Crippen LogP contribution in [-0.2, 0) is 25.5 Å². The van der Waals surface area contributed by atoms with Crippen LogP contribution in [0.1, 0.15) is 18.9 Å². The Labute approximate surface area is 134 Å². The summed E-state index contributed by atoms with van der Waals surface area (Å²) in [5.74, 6) is -1.59. The molecule has 2 atom stereocenters. The fraction of sp³-hybridized carbons (Fsp3) is 0.438. The molecular formula is C16H20N2O5. The van der Waals surface area contributed by atoms with Crippen LogP contribution in [0.2, 0.25) is 0 Å². The maximum Gasteiger partial charge on any atom is 0.322 e. The van der Waals surface area contributed by atoms with Crippen molar-refractivity contribution in [1.29, 1.82) is 0 Å². The van der Waals surface area contributed by atoms with Crippen molar-refractivity contribution < 1.29 is 24.2 Å². The fourth-order valence-corrected chi connectivity index (χ4v) is 2.21. The third kappa shape index (κ3) is 5.37. The maximum atomic E-state index is 12.0. The highest BCUT2D eigenvalue weighted by Gasteiger charge is 2.43. The van der Waals surface area contributed by atoms with Gasteiger partial charge in [0, 0.05) is 12.3 Å². The Morgan fingerprint density at radius 1 is 1.26 bits per heavy atom. The standard InChI is InChI=1S/C16H20N2O5/c1-2-23-13-8-12(13)16(22)18-11-5-3-10(4-6-11)7-14(19)17-9-15(20)21/h3-6,12-13H,2,7-9H2,1H3,(H,17,19)(H,18,22)(H,20,21). The Morgan fingerprint density at radius 2 is 1.96 bits per heavy atom. The van der Waals surface area contributed by atoms with E-state index in [1.54, 1.807) is 24.3 Å². The number of hydrogen-bond donors (Lipinski definition) is 3. The van der Waals surface area contributed by atoms with Crippen molar-refractivity contribution in [3.05, 3.63) is 29.8 Å². The minimum atomic E-state index is -1.08. The van der Waals surface area contributed by atoms with E-state index < -0.39 is 12.5 Å². The van der Waals surface area contributed by atoms with Crippen molar-refractivity contribution in [2.75, 3.05) is 18.5 Å². The Kier molecular flexibility index (Phi) is 5.70. The lowest BCUT2D eigenvalue weighted by atomic mass is 10.1. The van der Waals surface area contributed by atoms with Crippen molar-refractivity contribution in [2.45, 2.75) is 25.9 Å². The molecule has 7 nitrogen and oxygen atoms in total. The van der Waals surface area contributed by atoms with Crippen molar-refractivity contribution in [2.24, 2.45) is 5.92 Å². The molecule has 1 fully saturated rings. The number of nitrogens with one attached hydrogen (secondary N) is 2. The minimum absolute atomic E-state index is 0.0252. The van der Waals surface area contributed by atoms with Gasteiger partial charge >= 0.3 is 5.97 Å². The second-order valence-corrected chi connectivity index (χ2v) is 5.37. The first kappa shape index (κ1) is 17.0. The topological polar surface area (TPSA) is 105 Å². The number of carbonyl (C=O) groups excluding carboxylic acids is 2. The van der Waals surface area contributed by atoms with Gasteiger partial charge in [0.2, 0.25) is 11.8 Å². The van der Waals surface area contributed by atoms with Crippen LogP contribution in [-0.4, -0.2) is 42.1 Å². The van der Waals surface area contributed by atoms with Crippen molar-refractivity contribution in [3.8, 4) is 0 Å². The van der Waals surface area contributed by atoms with Gasteiger partial charge in [-0.25, -0.2) is 0 Å². The molecule has 0 heterocycles. The number of anilines is 1. The van der Waals surface area contributed by atoms with E-state index in [0.29, 0.717) is 12.3 Å². The number of ether oxygens (including phenoxy) is 1. The lowest BCUT2D eigenvalue weighted by molar-refractivity contribution is -0.137. The zero-order chi connectivity index (χ0) is 16.8. The van der Waals surface area contributed by atoms with Crippen LogP contribution in [0.25, 0.3) is 0 Å². The predicted molar refractivity (Wildman–Crippen MR) is 82.9 cm³/mol. The van der Waals surface area contributed by atoms with Gasteiger partial charge in [-0.2, -0.15) is 0 Å². The molecule has 1 aromatic rings. The zero-order valence-corrected chi connectivity index (χ0v) is 12.9. The Bertz CT molecular complexity index is 585. The molecule has 0 bridgehead atoms. The molecule has 7 heteroatoms. The van der Waals surface area contributed by atoms with E-state index in [9.17, 15) is 14.4 Å². The first-order valence-corrected chi connectivity index (χ1v) is 7.49. The molecule has 0 aromatic heterocycles. The molecule has 0 saturated heterocycles. The summed E-state index contributed by atoms with van der Waals surface area (Å²) in [7, 11) is 0. The molecule has 2 unspecified atom stereocenters. The maximum absolute atomic E-state index is 12.0. The third-order valence-corrected chi connectivity index (χ3v) is 3.47. The van der Waals surface area contributed by atoms with Crippen LogP contribution in [0.5, 0.6) is 0 Å². The Morgan fingerprint density at radius 3 is 2.57 bits per heavy atom. The summed E-state index contributed by atoms with van der Waals surface area (Å²) in [5, 5.41) is 13.6. The Balaban J connectivity index is 1.79. The molecule has 23 heavy (non-hydrogen) atoms. The average Bonchev–Trinajstić information content (AvgIpc) is 3.27. The highest BCUT2D eigenvalue weighted by molar-refractivity contribution is 5.94. The molecular weight excluding hydrogens is 300 g/mol. The van der Waals surface area contributed by atoms with E-state index in [2.05, 4.69) is 10.6 Å². The van der Waals surface area contributed by atoms with E-state index in [1.807, 2.05) is 6.92 Å². The summed E-state index contributed by atoms with van der Waals surface area (Å²) < 4.78 is 5.38. The van der Waals surface area contributed by atoms with E-state index in [1.165, 1.54) is 0 Å². The summed E-state index contributed by atoms with van der Waals surface area (Å²) >= 11 is 0. The second kappa shape index (κ2) is 7.73. The summed E-state index contributed by atoms with van der Waals surface area (Å²) in [6.45, 7) is 2.11. The fourth-order valence-electron chi connectivity index (χ4n) is 2.21. The molecule has 0 radical (unpaired) electrons. The van der Waals surface area contributed by atoms with Gasteiger partial charge in [0.1, 0.15) is 6.54 Å². The molecule has 3 N–H and O–H groups in total.